The molecule has 9 heteroatoms. The van der Waals surface area contributed by atoms with Crippen LogP contribution in [0.4, 0.5) is 10.2 Å². The number of alkyl halides is 1. The van der Waals surface area contributed by atoms with E-state index in [2.05, 4.69) is 15.3 Å². The van der Waals surface area contributed by atoms with Gasteiger partial charge in [0.25, 0.3) is 5.91 Å². The van der Waals surface area contributed by atoms with Gasteiger partial charge in [0, 0.05) is 18.4 Å². The van der Waals surface area contributed by atoms with Crippen molar-refractivity contribution in [2.45, 2.75) is 25.6 Å². The number of aromatic carboxylic acids is 1. The van der Waals surface area contributed by atoms with Crippen LogP contribution in [0.25, 0.3) is 0 Å². The van der Waals surface area contributed by atoms with Crippen LogP contribution in [-0.2, 0) is 0 Å². The van der Waals surface area contributed by atoms with Gasteiger partial charge in [-0.15, -0.1) is 0 Å². The van der Waals surface area contributed by atoms with E-state index in [9.17, 15) is 14.0 Å². The van der Waals surface area contributed by atoms with E-state index >= 15 is 0 Å². The van der Waals surface area contributed by atoms with E-state index in [1.54, 1.807) is 17.9 Å². The smallest absolute Gasteiger partial charge is 0.335 e. The number of carboxylic acid groups (broad SMARTS) is 1. The Bertz CT molecular complexity index is 841. The van der Waals surface area contributed by atoms with E-state index in [-0.39, 0.29) is 17.8 Å². The molecule has 1 fully saturated rings. The van der Waals surface area contributed by atoms with Crippen LogP contribution >= 0.6 is 11.6 Å². The van der Waals surface area contributed by atoms with Crippen LogP contribution in [0.1, 0.15) is 33.0 Å². The molecule has 2 aromatic heterocycles. The Morgan fingerprint density at radius 2 is 2.23 bits per heavy atom. The number of halogens is 2. The maximum Gasteiger partial charge on any atom is 0.335 e. The maximum atomic E-state index is 14.6. The van der Waals surface area contributed by atoms with Gasteiger partial charge in [0.2, 0.25) is 0 Å². The van der Waals surface area contributed by atoms with Crippen LogP contribution in [0.3, 0.4) is 0 Å². The number of carboxylic acids is 1. The Labute approximate surface area is 154 Å². The van der Waals surface area contributed by atoms with Crippen molar-refractivity contribution in [3.05, 3.63) is 46.4 Å². The summed E-state index contributed by atoms with van der Waals surface area (Å²) in [4.78, 5) is 32.0. The Kier molecular flexibility index (Phi) is 5.13. The van der Waals surface area contributed by atoms with Gasteiger partial charge in [-0.2, -0.15) is 0 Å². The predicted molar refractivity (Wildman–Crippen MR) is 94.7 cm³/mol. The molecule has 0 spiro atoms. The fourth-order valence-electron chi connectivity index (χ4n) is 2.96. The fraction of sp³-hybridized carbons (Fsp3) is 0.353. The van der Waals surface area contributed by atoms with Gasteiger partial charge >= 0.3 is 5.97 Å². The van der Waals surface area contributed by atoms with Crippen LogP contribution in [0.5, 0.6) is 0 Å². The van der Waals surface area contributed by atoms with E-state index in [0.717, 1.165) is 5.69 Å². The summed E-state index contributed by atoms with van der Waals surface area (Å²) in [6.07, 6.45) is 0.427. The summed E-state index contributed by atoms with van der Waals surface area (Å²) in [6.45, 7) is 2.23. The Balaban J connectivity index is 1.65. The minimum Gasteiger partial charge on any atom is -0.478 e. The number of aromatic amines is 1. The van der Waals surface area contributed by atoms with Crippen LogP contribution in [0.15, 0.2) is 24.4 Å². The molecule has 2 aromatic rings. The summed E-state index contributed by atoms with van der Waals surface area (Å²) in [7, 11) is 0. The number of hydrogen-bond acceptors (Lipinski definition) is 4. The van der Waals surface area contributed by atoms with Crippen LogP contribution in [0, 0.1) is 6.92 Å². The van der Waals surface area contributed by atoms with Gasteiger partial charge in [0.15, 0.2) is 0 Å². The quantitative estimate of drug-likeness (QED) is 0.756. The molecule has 3 rings (SSSR count). The molecular formula is C17H18ClFN4O3. The summed E-state index contributed by atoms with van der Waals surface area (Å²) in [5.74, 6) is -1.11. The third-order valence-electron chi connectivity index (χ3n) is 4.31. The number of carbonyl (C=O) groups excluding carboxylic acids is 1. The lowest BCUT2D eigenvalue weighted by Gasteiger charge is -2.35. The van der Waals surface area contributed by atoms with Gasteiger partial charge in [0.1, 0.15) is 17.7 Å². The summed E-state index contributed by atoms with van der Waals surface area (Å²) in [5.41, 5.74) is 1.06. The van der Waals surface area contributed by atoms with E-state index in [1.165, 1.54) is 18.3 Å². The number of carbonyl (C=O) groups is 2. The molecule has 138 valence electrons. The number of amides is 1. The minimum absolute atomic E-state index is 0.0124. The highest BCUT2D eigenvalue weighted by molar-refractivity contribution is 6.33. The highest BCUT2D eigenvalue weighted by Gasteiger charge is 2.32. The van der Waals surface area contributed by atoms with Gasteiger partial charge < -0.3 is 20.3 Å². The number of nitrogens with zero attached hydrogens (tertiary/aromatic N) is 2. The molecule has 1 amide bonds. The third kappa shape index (κ3) is 3.80. The standard InChI is InChI=1S/C17H18ClFN4O3/c1-9-6-11(18)15(21-9)16(24)22-13-3-5-23(8-12(13)19)14-7-10(17(25)26)2-4-20-14/h2,4,6-7,12-13,21H,3,5,8H2,1H3,(H,22,24)(H,25,26)/t12-,13+/m0/s1. The Morgan fingerprint density at radius 3 is 2.85 bits per heavy atom. The molecule has 2 atom stereocenters. The van der Waals surface area contributed by atoms with Crippen molar-refractivity contribution in [2.24, 2.45) is 0 Å². The summed E-state index contributed by atoms with van der Waals surface area (Å²) in [6, 6.07) is 3.78. The molecule has 0 aliphatic carbocycles. The van der Waals surface area contributed by atoms with E-state index in [0.29, 0.717) is 23.8 Å². The molecule has 0 aromatic carbocycles. The van der Waals surface area contributed by atoms with Crippen molar-refractivity contribution in [3.63, 3.8) is 0 Å². The molecule has 26 heavy (non-hydrogen) atoms. The van der Waals surface area contributed by atoms with E-state index in [1.807, 2.05) is 0 Å². The molecule has 7 nitrogen and oxygen atoms in total. The third-order valence-corrected chi connectivity index (χ3v) is 4.60. The molecule has 3 N–H and O–H groups in total. The molecule has 1 aliphatic rings. The van der Waals surface area contributed by atoms with Gasteiger partial charge in [0.05, 0.1) is 23.2 Å². The van der Waals surface area contributed by atoms with Crippen molar-refractivity contribution in [2.75, 3.05) is 18.0 Å². The predicted octanol–water partition coefficient (Wildman–Crippen LogP) is 2.42. The first-order valence-corrected chi connectivity index (χ1v) is 8.47. The molecule has 0 bridgehead atoms. The monoisotopic (exact) mass is 380 g/mol. The number of hydrogen-bond donors (Lipinski definition) is 3. The van der Waals surface area contributed by atoms with Gasteiger partial charge in [-0.25, -0.2) is 14.2 Å². The zero-order valence-corrected chi connectivity index (χ0v) is 14.8. The summed E-state index contributed by atoms with van der Waals surface area (Å²) < 4.78 is 14.6. The number of rotatable bonds is 4. The van der Waals surface area contributed by atoms with Crippen molar-refractivity contribution in [1.82, 2.24) is 15.3 Å². The topological polar surface area (TPSA) is 98.3 Å². The molecule has 1 aliphatic heterocycles. The molecule has 3 heterocycles. The molecule has 0 radical (unpaired) electrons. The number of anilines is 1. The van der Waals surface area contributed by atoms with Crippen LogP contribution in [0.2, 0.25) is 5.02 Å². The van der Waals surface area contributed by atoms with Gasteiger partial charge in [-0.05, 0) is 31.5 Å². The van der Waals surface area contributed by atoms with Crippen molar-refractivity contribution in [3.8, 4) is 0 Å². The second-order valence-electron chi connectivity index (χ2n) is 6.21. The lowest BCUT2D eigenvalue weighted by molar-refractivity contribution is 0.0696. The number of pyridine rings is 1. The fourth-order valence-corrected chi connectivity index (χ4v) is 3.26. The lowest BCUT2D eigenvalue weighted by Crippen LogP contribution is -2.52. The molecular weight excluding hydrogens is 363 g/mol. The second kappa shape index (κ2) is 7.33. The molecule has 0 unspecified atom stereocenters. The average molecular weight is 381 g/mol. The first kappa shape index (κ1) is 18.2. The van der Waals surface area contributed by atoms with Crippen molar-refractivity contribution >= 4 is 29.3 Å². The zero-order chi connectivity index (χ0) is 18.8. The van der Waals surface area contributed by atoms with E-state index < -0.39 is 24.1 Å². The zero-order valence-electron chi connectivity index (χ0n) is 14.0. The maximum absolute atomic E-state index is 14.6. The summed E-state index contributed by atoms with van der Waals surface area (Å²) >= 11 is 5.99. The normalized spacial score (nSPS) is 20.0. The highest BCUT2D eigenvalue weighted by atomic mass is 35.5. The second-order valence-corrected chi connectivity index (χ2v) is 6.62. The molecule has 1 saturated heterocycles. The highest BCUT2D eigenvalue weighted by Crippen LogP contribution is 2.22. The SMILES string of the molecule is Cc1cc(Cl)c(C(=O)N[C@@H]2CCN(c3cc(C(=O)O)ccn3)C[C@@H]2F)[nH]1. The van der Waals surface area contributed by atoms with Crippen molar-refractivity contribution < 1.29 is 19.1 Å². The lowest BCUT2D eigenvalue weighted by atomic mass is 10.0. The number of nitrogens with one attached hydrogen (secondary N) is 2. The van der Waals surface area contributed by atoms with Crippen LogP contribution < -0.4 is 10.2 Å². The van der Waals surface area contributed by atoms with Gasteiger partial charge in [-0.1, -0.05) is 11.6 Å². The first-order chi connectivity index (χ1) is 12.3. The minimum atomic E-state index is -1.32. The number of aromatic nitrogens is 2. The van der Waals surface area contributed by atoms with Crippen molar-refractivity contribution in [1.29, 1.82) is 0 Å². The Hall–Kier alpha value is -2.61. The number of aryl methyl sites for hydroxylation is 1. The van der Waals surface area contributed by atoms with Crippen LogP contribution in [-0.4, -0.2) is 52.3 Å². The first-order valence-electron chi connectivity index (χ1n) is 8.09. The average Bonchev–Trinajstić information content (AvgIpc) is 2.95. The number of H-pyrrole nitrogens is 1. The largest absolute Gasteiger partial charge is 0.478 e. The molecule has 0 saturated carbocycles. The van der Waals surface area contributed by atoms with E-state index in [4.69, 9.17) is 16.7 Å². The summed E-state index contributed by atoms with van der Waals surface area (Å²) in [5, 5.41) is 12.0. The van der Waals surface area contributed by atoms with Gasteiger partial charge in [-0.3, -0.25) is 4.79 Å². The Morgan fingerprint density at radius 1 is 1.46 bits per heavy atom. The number of piperidine rings is 1.